The van der Waals surface area contributed by atoms with Crippen molar-refractivity contribution in [3.63, 3.8) is 0 Å². The number of hydrogen-bond acceptors (Lipinski definition) is 5. The van der Waals surface area contributed by atoms with E-state index in [0.29, 0.717) is 16.5 Å². The second-order valence-electron chi connectivity index (χ2n) is 7.27. The number of nitrogens with one attached hydrogen (secondary N) is 2. The van der Waals surface area contributed by atoms with Gasteiger partial charge in [-0.1, -0.05) is 12.1 Å². The Hall–Kier alpha value is -3.28. The van der Waals surface area contributed by atoms with Crippen LogP contribution in [0.25, 0.3) is 10.9 Å². The predicted octanol–water partition coefficient (Wildman–Crippen LogP) is 2.54. The summed E-state index contributed by atoms with van der Waals surface area (Å²) in [6, 6.07) is 7.62. The van der Waals surface area contributed by atoms with Crippen LogP contribution in [0.1, 0.15) is 30.6 Å². The third kappa shape index (κ3) is 4.42. The minimum atomic E-state index is -3.10. The molecule has 0 saturated carbocycles. The zero-order valence-corrected chi connectivity index (χ0v) is 16.1. The van der Waals surface area contributed by atoms with E-state index in [9.17, 15) is 18.4 Å². The molecule has 1 fully saturated rings. The maximum atomic E-state index is 13.5. The largest absolute Gasteiger partial charge is 0.381 e. The quantitative estimate of drug-likeness (QED) is 0.802. The molecule has 9 heteroatoms. The van der Waals surface area contributed by atoms with Gasteiger partial charge in [-0.2, -0.15) is 5.26 Å². The number of hydrogen-bond donors (Lipinski definition) is 2. The van der Waals surface area contributed by atoms with Crippen LogP contribution in [-0.2, 0) is 4.79 Å². The zero-order valence-electron chi connectivity index (χ0n) is 16.1. The highest BCUT2D eigenvalue weighted by Crippen LogP contribution is 2.31. The van der Waals surface area contributed by atoms with Crippen LogP contribution < -0.4 is 10.6 Å². The van der Waals surface area contributed by atoms with Crippen LogP contribution >= 0.6 is 0 Å². The zero-order chi connectivity index (χ0) is 21.2. The Balaban J connectivity index is 1.75. The number of anilines is 1. The molecule has 2 amide bonds. The SMILES string of the molecule is CC(C)Nc1cccc2c(C(=O)NCC(=O)N3CC(F)(F)C[C@H]3C#N)ccnc12. The fourth-order valence-electron chi connectivity index (χ4n) is 3.35. The average Bonchev–Trinajstić information content (AvgIpc) is 3.00. The average molecular weight is 401 g/mol. The van der Waals surface area contributed by atoms with Crippen molar-refractivity contribution in [1.82, 2.24) is 15.2 Å². The van der Waals surface area contributed by atoms with Gasteiger partial charge in [0.05, 0.1) is 35.9 Å². The molecule has 1 aliphatic rings. The summed E-state index contributed by atoms with van der Waals surface area (Å²) in [5.41, 5.74) is 1.71. The van der Waals surface area contributed by atoms with Crippen molar-refractivity contribution in [2.24, 2.45) is 0 Å². The Labute approximate surface area is 166 Å². The number of benzene rings is 1. The topological polar surface area (TPSA) is 98.1 Å². The number of nitrogens with zero attached hydrogens (tertiary/aromatic N) is 3. The van der Waals surface area contributed by atoms with Crippen LogP contribution in [0.3, 0.4) is 0 Å². The lowest BCUT2D eigenvalue weighted by molar-refractivity contribution is -0.131. The molecule has 0 bridgehead atoms. The molecule has 29 heavy (non-hydrogen) atoms. The number of fused-ring (bicyclic) bond motifs is 1. The molecular formula is C20H21F2N5O2. The van der Waals surface area contributed by atoms with Gasteiger partial charge in [0.1, 0.15) is 6.04 Å². The van der Waals surface area contributed by atoms with Gasteiger partial charge in [-0.05, 0) is 26.0 Å². The number of carbonyl (C=O) groups is 2. The van der Waals surface area contributed by atoms with Gasteiger partial charge in [-0.25, -0.2) is 8.78 Å². The first-order valence-electron chi connectivity index (χ1n) is 9.21. The van der Waals surface area contributed by atoms with Crippen molar-refractivity contribution in [3.8, 4) is 6.07 Å². The number of nitriles is 1. The van der Waals surface area contributed by atoms with E-state index in [1.807, 2.05) is 19.9 Å². The third-order valence-corrected chi connectivity index (χ3v) is 4.60. The van der Waals surface area contributed by atoms with Crippen molar-refractivity contribution in [3.05, 3.63) is 36.0 Å². The van der Waals surface area contributed by atoms with E-state index in [2.05, 4.69) is 15.6 Å². The molecule has 1 aliphatic heterocycles. The molecule has 0 radical (unpaired) electrons. The molecule has 0 aliphatic carbocycles. The van der Waals surface area contributed by atoms with E-state index in [0.717, 1.165) is 10.6 Å². The second-order valence-corrected chi connectivity index (χ2v) is 7.27. The number of para-hydroxylation sites is 1. The number of amides is 2. The monoisotopic (exact) mass is 401 g/mol. The maximum absolute atomic E-state index is 13.5. The highest BCUT2D eigenvalue weighted by atomic mass is 19.3. The summed E-state index contributed by atoms with van der Waals surface area (Å²) in [7, 11) is 0. The number of halogens is 2. The molecule has 0 unspecified atom stereocenters. The maximum Gasteiger partial charge on any atom is 0.268 e. The Morgan fingerprint density at radius 1 is 1.38 bits per heavy atom. The van der Waals surface area contributed by atoms with Crippen LogP contribution in [-0.4, -0.2) is 52.8 Å². The van der Waals surface area contributed by atoms with E-state index >= 15 is 0 Å². The van der Waals surface area contributed by atoms with Gasteiger partial charge in [0, 0.05) is 24.0 Å². The molecule has 7 nitrogen and oxygen atoms in total. The molecule has 0 spiro atoms. The summed E-state index contributed by atoms with van der Waals surface area (Å²) >= 11 is 0. The Morgan fingerprint density at radius 2 is 2.14 bits per heavy atom. The van der Waals surface area contributed by atoms with E-state index < -0.39 is 43.3 Å². The molecule has 1 saturated heterocycles. The van der Waals surface area contributed by atoms with Crippen LogP contribution in [0.15, 0.2) is 30.5 Å². The number of pyridine rings is 1. The highest BCUT2D eigenvalue weighted by molar-refractivity contribution is 6.09. The summed E-state index contributed by atoms with van der Waals surface area (Å²) in [5, 5.41) is 15.3. The Morgan fingerprint density at radius 3 is 2.83 bits per heavy atom. The van der Waals surface area contributed by atoms with Gasteiger partial charge < -0.3 is 15.5 Å². The molecule has 2 aromatic rings. The van der Waals surface area contributed by atoms with Crippen molar-refractivity contribution < 1.29 is 18.4 Å². The summed E-state index contributed by atoms with van der Waals surface area (Å²) in [5.74, 6) is -4.34. The van der Waals surface area contributed by atoms with E-state index in [4.69, 9.17) is 5.26 Å². The number of carbonyl (C=O) groups excluding carboxylic acids is 2. The van der Waals surface area contributed by atoms with E-state index in [1.54, 1.807) is 18.2 Å². The molecule has 2 N–H and O–H groups in total. The number of alkyl halides is 2. The van der Waals surface area contributed by atoms with E-state index in [1.165, 1.54) is 12.3 Å². The summed E-state index contributed by atoms with van der Waals surface area (Å²) in [4.78, 5) is 30.1. The molecule has 1 aromatic carbocycles. The first kappa shape index (κ1) is 20.5. The van der Waals surface area contributed by atoms with Gasteiger partial charge in [0.25, 0.3) is 11.8 Å². The minimum Gasteiger partial charge on any atom is -0.381 e. The van der Waals surface area contributed by atoms with Crippen molar-refractivity contribution in [1.29, 1.82) is 5.26 Å². The molecule has 1 atom stereocenters. The molecule has 3 rings (SSSR count). The Kier molecular flexibility index (Phi) is 5.64. The fourth-order valence-corrected chi connectivity index (χ4v) is 3.35. The van der Waals surface area contributed by atoms with Crippen molar-refractivity contribution in [2.45, 2.75) is 38.3 Å². The van der Waals surface area contributed by atoms with Gasteiger partial charge in [0.2, 0.25) is 5.91 Å². The lowest BCUT2D eigenvalue weighted by atomic mass is 10.1. The molecule has 152 valence electrons. The first-order valence-corrected chi connectivity index (χ1v) is 9.21. The predicted molar refractivity (Wildman–Crippen MR) is 104 cm³/mol. The minimum absolute atomic E-state index is 0.171. The molecule has 2 heterocycles. The van der Waals surface area contributed by atoms with Crippen LogP contribution in [0, 0.1) is 11.3 Å². The summed E-state index contributed by atoms with van der Waals surface area (Å²) < 4.78 is 27.0. The Bertz CT molecular complexity index is 986. The van der Waals surface area contributed by atoms with Gasteiger partial charge in [-0.3, -0.25) is 14.6 Å². The lowest BCUT2D eigenvalue weighted by Crippen LogP contribution is -2.43. The summed E-state index contributed by atoms with van der Waals surface area (Å²) in [6.07, 6.45) is 0.807. The van der Waals surface area contributed by atoms with Gasteiger partial charge in [-0.15, -0.1) is 0 Å². The second kappa shape index (κ2) is 7.99. The number of likely N-dealkylation sites (tertiary alicyclic amines) is 1. The smallest absolute Gasteiger partial charge is 0.268 e. The normalized spacial score (nSPS) is 17.9. The highest BCUT2D eigenvalue weighted by Gasteiger charge is 2.47. The van der Waals surface area contributed by atoms with Gasteiger partial charge in [0.15, 0.2) is 0 Å². The number of aromatic nitrogens is 1. The van der Waals surface area contributed by atoms with E-state index in [-0.39, 0.29) is 6.04 Å². The van der Waals surface area contributed by atoms with Crippen molar-refractivity contribution in [2.75, 3.05) is 18.4 Å². The first-order chi connectivity index (χ1) is 13.7. The standard InChI is InChI=1S/C20H21F2N5O2/c1-12(2)26-16-5-3-4-14-15(6-7-24-18(14)16)19(29)25-10-17(28)27-11-20(21,22)8-13(27)9-23/h3-7,12-13,26H,8,10-11H2,1-2H3,(H,25,29)/t13-/m0/s1. The van der Waals surface area contributed by atoms with Crippen LogP contribution in [0.5, 0.6) is 0 Å². The lowest BCUT2D eigenvalue weighted by Gasteiger charge is -2.19. The third-order valence-electron chi connectivity index (χ3n) is 4.60. The van der Waals surface area contributed by atoms with Crippen molar-refractivity contribution >= 4 is 28.4 Å². The van der Waals surface area contributed by atoms with Crippen LogP contribution in [0.2, 0.25) is 0 Å². The molecular weight excluding hydrogens is 380 g/mol. The number of rotatable bonds is 5. The van der Waals surface area contributed by atoms with Gasteiger partial charge >= 0.3 is 0 Å². The fraction of sp³-hybridized carbons (Fsp3) is 0.400. The molecule has 1 aromatic heterocycles. The van der Waals surface area contributed by atoms with Crippen LogP contribution in [0.4, 0.5) is 14.5 Å². The summed E-state index contributed by atoms with van der Waals surface area (Å²) in [6.45, 7) is 2.68.